The standard InChI is InChI=1S/C21H18N6O2/c1-28-13-8-9-16(29-2)14(10-13)17-15(11-22)19(23)25-21-18(17)20(24)26-27(21)12-6-4-3-5-7-12/h3-10H,1-2H3,(H2,23,25)(H2,24,26). The monoisotopic (exact) mass is 386 g/mol. The average Bonchev–Trinajstić information content (AvgIpc) is 3.08. The first kappa shape index (κ1) is 18.1. The highest BCUT2D eigenvalue weighted by atomic mass is 16.5. The molecule has 0 fully saturated rings. The van der Waals surface area contributed by atoms with Gasteiger partial charge in [-0.1, -0.05) is 18.2 Å². The molecule has 144 valence electrons. The molecule has 0 atom stereocenters. The van der Waals surface area contributed by atoms with Gasteiger partial charge in [-0.2, -0.15) is 5.26 Å². The molecule has 2 aromatic heterocycles. The van der Waals surface area contributed by atoms with E-state index in [4.69, 9.17) is 20.9 Å². The number of methoxy groups -OCH3 is 2. The van der Waals surface area contributed by atoms with Gasteiger partial charge in [-0.05, 0) is 30.3 Å². The number of nitrogens with two attached hydrogens (primary N) is 2. The van der Waals surface area contributed by atoms with Gasteiger partial charge in [-0.25, -0.2) is 9.67 Å². The summed E-state index contributed by atoms with van der Waals surface area (Å²) in [5, 5.41) is 14.8. The van der Waals surface area contributed by atoms with E-state index in [9.17, 15) is 5.26 Å². The highest BCUT2D eigenvalue weighted by molar-refractivity contribution is 6.06. The molecule has 0 saturated heterocycles. The minimum absolute atomic E-state index is 0.0805. The third-order valence-corrected chi connectivity index (χ3v) is 4.66. The van der Waals surface area contributed by atoms with Gasteiger partial charge in [0.05, 0.1) is 25.3 Å². The van der Waals surface area contributed by atoms with Crippen molar-refractivity contribution >= 4 is 22.7 Å². The van der Waals surface area contributed by atoms with Crippen LogP contribution >= 0.6 is 0 Å². The predicted molar refractivity (Wildman–Crippen MR) is 111 cm³/mol. The first-order valence-electron chi connectivity index (χ1n) is 8.74. The molecule has 4 rings (SSSR count). The molecule has 0 amide bonds. The van der Waals surface area contributed by atoms with Crippen molar-refractivity contribution < 1.29 is 9.47 Å². The number of hydrogen-bond acceptors (Lipinski definition) is 7. The highest BCUT2D eigenvalue weighted by Crippen LogP contribution is 2.42. The van der Waals surface area contributed by atoms with Gasteiger partial charge in [-0.15, -0.1) is 5.10 Å². The molecule has 0 bridgehead atoms. The molecule has 0 radical (unpaired) electrons. The SMILES string of the molecule is COc1ccc(OC)c(-c2c(C#N)c(N)nc3c2c(N)nn3-c2ccccc2)c1. The first-order valence-corrected chi connectivity index (χ1v) is 8.74. The number of hydrogen-bond donors (Lipinski definition) is 2. The lowest BCUT2D eigenvalue weighted by Crippen LogP contribution is -2.03. The lowest BCUT2D eigenvalue weighted by atomic mass is 9.96. The van der Waals surface area contributed by atoms with Crippen LogP contribution in [0.2, 0.25) is 0 Å². The van der Waals surface area contributed by atoms with Crippen LogP contribution in [0.3, 0.4) is 0 Å². The number of rotatable bonds is 4. The molecule has 29 heavy (non-hydrogen) atoms. The van der Waals surface area contributed by atoms with Gasteiger partial charge in [0, 0.05) is 11.1 Å². The predicted octanol–water partition coefficient (Wildman–Crippen LogP) is 3.14. The first-order chi connectivity index (χ1) is 14.1. The van der Waals surface area contributed by atoms with Gasteiger partial charge < -0.3 is 20.9 Å². The van der Waals surface area contributed by atoms with E-state index in [0.717, 1.165) is 5.69 Å². The van der Waals surface area contributed by atoms with Crippen LogP contribution in [-0.4, -0.2) is 29.0 Å². The number of benzene rings is 2. The van der Waals surface area contributed by atoms with Crippen molar-refractivity contribution in [1.82, 2.24) is 14.8 Å². The summed E-state index contributed by atoms with van der Waals surface area (Å²) in [4.78, 5) is 4.43. The Morgan fingerprint density at radius 2 is 1.76 bits per heavy atom. The van der Waals surface area contributed by atoms with Crippen LogP contribution in [0.4, 0.5) is 11.6 Å². The second-order valence-electron chi connectivity index (χ2n) is 6.26. The zero-order valence-corrected chi connectivity index (χ0v) is 15.9. The Bertz CT molecular complexity index is 1260. The Balaban J connectivity index is 2.15. The molecular weight excluding hydrogens is 368 g/mol. The van der Waals surface area contributed by atoms with E-state index < -0.39 is 0 Å². The van der Waals surface area contributed by atoms with Crippen molar-refractivity contribution in [3.05, 3.63) is 54.1 Å². The van der Waals surface area contributed by atoms with Crippen molar-refractivity contribution in [3.8, 4) is 34.4 Å². The number of nitriles is 1. The van der Waals surface area contributed by atoms with Gasteiger partial charge in [-0.3, -0.25) is 0 Å². The lowest BCUT2D eigenvalue weighted by Gasteiger charge is -2.14. The maximum atomic E-state index is 9.81. The summed E-state index contributed by atoms with van der Waals surface area (Å²) < 4.78 is 12.5. The van der Waals surface area contributed by atoms with Crippen LogP contribution < -0.4 is 20.9 Å². The quantitative estimate of drug-likeness (QED) is 0.552. The van der Waals surface area contributed by atoms with Crippen LogP contribution in [0.25, 0.3) is 27.8 Å². The van der Waals surface area contributed by atoms with Crippen molar-refractivity contribution in [2.24, 2.45) is 0 Å². The topological polar surface area (TPSA) is 125 Å². The Hall–Kier alpha value is -4.25. The number of para-hydroxylation sites is 1. The Morgan fingerprint density at radius 1 is 1.00 bits per heavy atom. The van der Waals surface area contributed by atoms with E-state index in [1.807, 2.05) is 30.3 Å². The smallest absolute Gasteiger partial charge is 0.168 e. The summed E-state index contributed by atoms with van der Waals surface area (Å²) in [7, 11) is 3.12. The van der Waals surface area contributed by atoms with Crippen molar-refractivity contribution in [2.45, 2.75) is 0 Å². The maximum absolute atomic E-state index is 9.81. The Kier molecular flexibility index (Phi) is 4.41. The molecule has 8 nitrogen and oxygen atoms in total. The van der Waals surface area contributed by atoms with Gasteiger partial charge in [0.1, 0.15) is 28.9 Å². The summed E-state index contributed by atoms with van der Waals surface area (Å²) in [6.07, 6.45) is 0. The summed E-state index contributed by atoms with van der Waals surface area (Å²) in [5.74, 6) is 1.45. The molecule has 0 spiro atoms. The maximum Gasteiger partial charge on any atom is 0.168 e. The van der Waals surface area contributed by atoms with Crippen LogP contribution in [0, 0.1) is 11.3 Å². The van der Waals surface area contributed by atoms with E-state index in [2.05, 4.69) is 16.2 Å². The minimum atomic E-state index is 0.0805. The van der Waals surface area contributed by atoms with Gasteiger partial charge in [0.2, 0.25) is 0 Å². The van der Waals surface area contributed by atoms with Crippen LogP contribution in [0.5, 0.6) is 11.5 Å². The number of ether oxygens (including phenoxy) is 2. The zero-order chi connectivity index (χ0) is 20.5. The second-order valence-corrected chi connectivity index (χ2v) is 6.26. The van der Waals surface area contributed by atoms with Crippen LogP contribution in [0.15, 0.2) is 48.5 Å². The fourth-order valence-electron chi connectivity index (χ4n) is 3.33. The number of nitrogen functional groups attached to an aromatic ring is 2. The van der Waals surface area contributed by atoms with Gasteiger partial charge in [0.25, 0.3) is 0 Å². The lowest BCUT2D eigenvalue weighted by molar-refractivity contribution is 0.404. The van der Waals surface area contributed by atoms with Crippen LogP contribution in [-0.2, 0) is 0 Å². The van der Waals surface area contributed by atoms with Crippen LogP contribution in [0.1, 0.15) is 5.56 Å². The molecular formula is C21H18N6O2. The molecule has 4 N–H and O–H groups in total. The van der Waals surface area contributed by atoms with E-state index in [-0.39, 0.29) is 17.2 Å². The van der Waals surface area contributed by atoms with E-state index in [1.54, 1.807) is 37.1 Å². The number of fused-ring (bicyclic) bond motifs is 1. The fourth-order valence-corrected chi connectivity index (χ4v) is 3.33. The zero-order valence-electron chi connectivity index (χ0n) is 15.9. The van der Waals surface area contributed by atoms with E-state index >= 15 is 0 Å². The third-order valence-electron chi connectivity index (χ3n) is 4.66. The van der Waals surface area contributed by atoms with Gasteiger partial charge >= 0.3 is 0 Å². The average molecular weight is 386 g/mol. The summed E-state index contributed by atoms with van der Waals surface area (Å²) in [6.45, 7) is 0. The molecule has 4 aromatic rings. The highest BCUT2D eigenvalue weighted by Gasteiger charge is 2.24. The second kappa shape index (κ2) is 7.05. The fraction of sp³-hybridized carbons (Fsp3) is 0.0952. The molecule has 8 heteroatoms. The molecule has 0 unspecified atom stereocenters. The molecule has 0 aliphatic heterocycles. The summed E-state index contributed by atoms with van der Waals surface area (Å²) in [5.41, 5.74) is 15.0. The summed E-state index contributed by atoms with van der Waals surface area (Å²) in [6, 6.07) is 16.9. The number of anilines is 2. The summed E-state index contributed by atoms with van der Waals surface area (Å²) >= 11 is 0. The number of nitrogens with zero attached hydrogens (tertiary/aromatic N) is 4. The minimum Gasteiger partial charge on any atom is -0.497 e. The Labute approximate surface area is 166 Å². The Morgan fingerprint density at radius 3 is 2.41 bits per heavy atom. The van der Waals surface area contributed by atoms with Crippen molar-refractivity contribution in [3.63, 3.8) is 0 Å². The molecule has 2 heterocycles. The van der Waals surface area contributed by atoms with E-state index in [0.29, 0.717) is 33.7 Å². The van der Waals surface area contributed by atoms with Gasteiger partial charge in [0.15, 0.2) is 11.5 Å². The molecule has 0 aliphatic carbocycles. The normalized spacial score (nSPS) is 10.7. The largest absolute Gasteiger partial charge is 0.497 e. The van der Waals surface area contributed by atoms with Crippen molar-refractivity contribution in [2.75, 3.05) is 25.7 Å². The molecule has 0 saturated carbocycles. The number of pyridine rings is 1. The molecule has 0 aliphatic rings. The van der Waals surface area contributed by atoms with Crippen molar-refractivity contribution in [1.29, 1.82) is 5.26 Å². The van der Waals surface area contributed by atoms with E-state index in [1.165, 1.54) is 0 Å². The number of aromatic nitrogens is 3. The molecule has 2 aromatic carbocycles. The third kappa shape index (κ3) is 2.85.